The molecule has 1 rings (SSSR count). The molecule has 0 saturated carbocycles. The quantitative estimate of drug-likeness (QED) is 0.544. The predicted octanol–water partition coefficient (Wildman–Crippen LogP) is 3.20. The lowest BCUT2D eigenvalue weighted by molar-refractivity contribution is 0.0549. The van der Waals surface area contributed by atoms with Gasteiger partial charge in [-0.3, -0.25) is 0 Å². The number of hydrogen-bond acceptors (Lipinski definition) is 2. The van der Waals surface area contributed by atoms with Crippen molar-refractivity contribution in [3.8, 4) is 0 Å². The Balaban J connectivity index is 2.31. The smallest absolute Gasteiger partial charge is 0.338 e. The van der Waals surface area contributed by atoms with Gasteiger partial charge in [-0.15, -0.1) is 0 Å². The number of hydrogen-bond donors (Lipinski definition) is 0. The number of unbranched alkanes of at least 4 members (excludes halogenated alkanes) is 1. The summed E-state index contributed by atoms with van der Waals surface area (Å²) >= 11 is 0. The van der Waals surface area contributed by atoms with E-state index in [4.69, 9.17) is 4.74 Å². The van der Waals surface area contributed by atoms with Crippen LogP contribution in [0.5, 0.6) is 0 Å². The molecule has 0 atom stereocenters. The highest BCUT2D eigenvalue weighted by molar-refractivity contribution is 5.89. The van der Waals surface area contributed by atoms with Crippen LogP contribution in [0.25, 0.3) is 0 Å². The Morgan fingerprint density at radius 2 is 2.00 bits per heavy atom. The van der Waals surface area contributed by atoms with Gasteiger partial charge in [0, 0.05) is 0 Å². The fraction of sp³-hybridized carbons (Fsp3) is 0.308. The topological polar surface area (TPSA) is 26.3 Å². The van der Waals surface area contributed by atoms with Crippen molar-refractivity contribution in [1.29, 1.82) is 0 Å². The molecule has 0 amide bonds. The summed E-state index contributed by atoms with van der Waals surface area (Å²) < 4.78 is 5.05. The van der Waals surface area contributed by atoms with Gasteiger partial charge in [-0.1, -0.05) is 43.7 Å². The highest BCUT2D eigenvalue weighted by Crippen LogP contribution is 2.00. The van der Waals surface area contributed by atoms with Crippen LogP contribution in [0.4, 0.5) is 0 Å². The summed E-state index contributed by atoms with van der Waals surface area (Å²) in [5.41, 5.74) is 0.599. The van der Waals surface area contributed by atoms with Crippen molar-refractivity contribution in [2.45, 2.75) is 19.8 Å². The number of esters is 1. The lowest BCUT2D eigenvalue weighted by Gasteiger charge is -2.00. The van der Waals surface area contributed by atoms with Crippen LogP contribution in [0.3, 0.4) is 0 Å². The van der Waals surface area contributed by atoms with E-state index >= 15 is 0 Å². The third kappa shape index (κ3) is 4.45. The minimum Gasteiger partial charge on any atom is -0.458 e. The number of rotatable bonds is 5. The maximum absolute atomic E-state index is 11.4. The molecule has 15 heavy (non-hydrogen) atoms. The van der Waals surface area contributed by atoms with Crippen molar-refractivity contribution in [2.24, 2.45) is 0 Å². The molecule has 0 aromatic heterocycles. The first-order valence-corrected chi connectivity index (χ1v) is 5.21. The molecule has 0 aliphatic rings. The van der Waals surface area contributed by atoms with Crippen LogP contribution in [0.15, 0.2) is 42.5 Å². The molecular weight excluding hydrogens is 188 g/mol. The third-order valence-electron chi connectivity index (χ3n) is 1.94. The van der Waals surface area contributed by atoms with E-state index in [1.54, 1.807) is 12.1 Å². The van der Waals surface area contributed by atoms with E-state index < -0.39 is 0 Å². The zero-order valence-corrected chi connectivity index (χ0v) is 8.98. The van der Waals surface area contributed by atoms with E-state index in [1.165, 1.54) is 0 Å². The summed E-state index contributed by atoms with van der Waals surface area (Å²) in [5.74, 6) is -0.267. The van der Waals surface area contributed by atoms with Crippen LogP contribution in [-0.2, 0) is 4.74 Å². The van der Waals surface area contributed by atoms with Crippen LogP contribution in [0.2, 0.25) is 0 Å². The Kier molecular flexibility index (Phi) is 5.23. The van der Waals surface area contributed by atoms with Gasteiger partial charge in [-0.25, -0.2) is 4.79 Å². The third-order valence-corrected chi connectivity index (χ3v) is 1.94. The maximum Gasteiger partial charge on any atom is 0.338 e. The largest absolute Gasteiger partial charge is 0.458 e. The molecule has 1 aromatic rings. The molecule has 0 fully saturated rings. The second-order valence-corrected chi connectivity index (χ2v) is 3.22. The van der Waals surface area contributed by atoms with Crippen molar-refractivity contribution in [3.63, 3.8) is 0 Å². The molecule has 0 aliphatic heterocycles. The normalized spacial score (nSPS) is 10.5. The van der Waals surface area contributed by atoms with E-state index in [0.717, 1.165) is 12.8 Å². The highest BCUT2D eigenvalue weighted by Gasteiger charge is 2.03. The fourth-order valence-electron chi connectivity index (χ4n) is 1.13. The number of carbonyl (C=O) groups excluding carboxylic acids is 1. The van der Waals surface area contributed by atoms with Gasteiger partial charge < -0.3 is 4.74 Å². The van der Waals surface area contributed by atoms with Crippen molar-refractivity contribution < 1.29 is 9.53 Å². The molecule has 0 aliphatic carbocycles. The number of allylic oxidation sites excluding steroid dienone is 1. The predicted molar refractivity (Wildman–Crippen MR) is 60.8 cm³/mol. The number of carbonyl (C=O) groups is 1. The van der Waals surface area contributed by atoms with Crippen molar-refractivity contribution in [3.05, 3.63) is 48.0 Å². The molecule has 0 bridgehead atoms. The lowest BCUT2D eigenvalue weighted by atomic mass is 10.2. The first-order valence-electron chi connectivity index (χ1n) is 5.21. The van der Waals surface area contributed by atoms with Crippen LogP contribution < -0.4 is 0 Å². The molecule has 0 radical (unpaired) electrons. The van der Waals surface area contributed by atoms with Gasteiger partial charge in [0.1, 0.15) is 6.61 Å². The molecule has 0 unspecified atom stereocenters. The lowest BCUT2D eigenvalue weighted by Crippen LogP contribution is -2.04. The minimum atomic E-state index is -0.267. The average Bonchev–Trinajstić information content (AvgIpc) is 2.30. The van der Waals surface area contributed by atoms with Gasteiger partial charge >= 0.3 is 5.97 Å². The molecule has 2 nitrogen and oxygen atoms in total. The van der Waals surface area contributed by atoms with Crippen LogP contribution in [0, 0.1) is 0 Å². The van der Waals surface area contributed by atoms with Crippen molar-refractivity contribution in [1.82, 2.24) is 0 Å². The van der Waals surface area contributed by atoms with Gasteiger partial charge in [0.2, 0.25) is 0 Å². The SMILES string of the molecule is CCC/C=C\COC(=O)c1ccccc1. The Bertz CT molecular complexity index is 315. The average molecular weight is 204 g/mol. The second kappa shape index (κ2) is 6.82. The molecule has 80 valence electrons. The van der Waals surface area contributed by atoms with E-state index in [2.05, 4.69) is 6.92 Å². The summed E-state index contributed by atoms with van der Waals surface area (Å²) in [7, 11) is 0. The van der Waals surface area contributed by atoms with Crippen molar-refractivity contribution in [2.75, 3.05) is 6.61 Å². The van der Waals surface area contributed by atoms with Gasteiger partial charge in [0.25, 0.3) is 0 Å². The first kappa shape index (κ1) is 11.5. The maximum atomic E-state index is 11.4. The zero-order valence-electron chi connectivity index (χ0n) is 8.98. The standard InChI is InChI=1S/C13H16O2/c1-2-3-4-8-11-15-13(14)12-9-6-5-7-10-12/h4-10H,2-3,11H2,1H3/b8-4-. The monoisotopic (exact) mass is 204 g/mol. The summed E-state index contributed by atoms with van der Waals surface area (Å²) in [6, 6.07) is 9.02. The Morgan fingerprint density at radius 1 is 1.27 bits per heavy atom. The Hall–Kier alpha value is -1.57. The van der Waals surface area contributed by atoms with Crippen LogP contribution in [-0.4, -0.2) is 12.6 Å². The number of ether oxygens (including phenoxy) is 1. The van der Waals surface area contributed by atoms with Crippen molar-refractivity contribution >= 4 is 5.97 Å². The van der Waals surface area contributed by atoms with E-state index in [0.29, 0.717) is 12.2 Å². The van der Waals surface area contributed by atoms with Crippen LogP contribution in [0.1, 0.15) is 30.1 Å². The zero-order chi connectivity index (χ0) is 10.9. The van der Waals surface area contributed by atoms with E-state index in [1.807, 2.05) is 30.4 Å². The van der Waals surface area contributed by atoms with E-state index in [9.17, 15) is 4.79 Å². The molecule has 0 saturated heterocycles. The highest BCUT2D eigenvalue weighted by atomic mass is 16.5. The Morgan fingerprint density at radius 3 is 2.67 bits per heavy atom. The molecule has 1 aromatic carbocycles. The second-order valence-electron chi connectivity index (χ2n) is 3.22. The van der Waals surface area contributed by atoms with Gasteiger partial charge in [0.05, 0.1) is 5.56 Å². The molecule has 0 N–H and O–H groups in total. The summed E-state index contributed by atoms with van der Waals surface area (Å²) in [6.45, 7) is 2.47. The first-order chi connectivity index (χ1) is 7.34. The van der Waals surface area contributed by atoms with Gasteiger partial charge in [-0.2, -0.15) is 0 Å². The summed E-state index contributed by atoms with van der Waals surface area (Å²) in [5, 5.41) is 0. The molecule has 0 spiro atoms. The number of benzene rings is 1. The fourth-order valence-corrected chi connectivity index (χ4v) is 1.13. The molecule has 0 heterocycles. The minimum absolute atomic E-state index is 0.267. The molecular formula is C13H16O2. The molecule has 2 heteroatoms. The van der Waals surface area contributed by atoms with Gasteiger partial charge in [0.15, 0.2) is 0 Å². The van der Waals surface area contributed by atoms with Crippen LogP contribution >= 0.6 is 0 Å². The summed E-state index contributed by atoms with van der Waals surface area (Å²) in [4.78, 5) is 11.4. The van der Waals surface area contributed by atoms with Gasteiger partial charge in [-0.05, 0) is 18.6 Å². The summed E-state index contributed by atoms with van der Waals surface area (Å²) in [6.07, 6.45) is 6.05. The Labute approximate surface area is 90.6 Å². The van der Waals surface area contributed by atoms with E-state index in [-0.39, 0.29) is 5.97 Å².